The van der Waals surface area contributed by atoms with Crippen molar-refractivity contribution in [2.24, 2.45) is 0 Å². The molecule has 0 aliphatic heterocycles. The number of benzene rings is 2. The number of furan rings is 1. The number of carbonyl (C=O) groups excluding carboxylic acids is 2. The molecule has 0 aliphatic carbocycles. The molecule has 5 heteroatoms. The van der Waals surface area contributed by atoms with Gasteiger partial charge >= 0.3 is 0 Å². The van der Waals surface area contributed by atoms with Crippen molar-refractivity contribution < 1.29 is 14.0 Å². The molecule has 2 amide bonds. The third kappa shape index (κ3) is 3.95. The molecule has 2 N–H and O–H groups in total. The highest BCUT2D eigenvalue weighted by atomic mass is 16.3. The van der Waals surface area contributed by atoms with Gasteiger partial charge in [-0.25, -0.2) is 0 Å². The van der Waals surface area contributed by atoms with Crippen LogP contribution in [0.2, 0.25) is 0 Å². The molecular weight excluding hydrogens is 316 g/mol. The molecule has 5 nitrogen and oxygen atoms in total. The lowest BCUT2D eigenvalue weighted by atomic mass is 10.1. The number of amides is 2. The number of hydrogen-bond acceptors (Lipinski definition) is 3. The summed E-state index contributed by atoms with van der Waals surface area (Å²) in [5.74, 6) is 0.838. The monoisotopic (exact) mass is 334 g/mol. The van der Waals surface area contributed by atoms with Crippen LogP contribution in [-0.2, 0) is 4.79 Å². The van der Waals surface area contributed by atoms with E-state index in [1.807, 2.05) is 30.3 Å². The van der Waals surface area contributed by atoms with Gasteiger partial charge in [0.1, 0.15) is 11.5 Å². The summed E-state index contributed by atoms with van der Waals surface area (Å²) in [6, 6.07) is 18.3. The Labute approximate surface area is 145 Å². The zero-order chi connectivity index (χ0) is 17.8. The first kappa shape index (κ1) is 16.5. The summed E-state index contributed by atoms with van der Waals surface area (Å²) < 4.78 is 5.71. The van der Waals surface area contributed by atoms with E-state index in [0.29, 0.717) is 28.5 Å². The molecule has 0 unspecified atom stereocenters. The van der Waals surface area contributed by atoms with Crippen LogP contribution < -0.4 is 10.6 Å². The van der Waals surface area contributed by atoms with Crippen LogP contribution in [0, 0.1) is 6.92 Å². The van der Waals surface area contributed by atoms with E-state index in [9.17, 15) is 9.59 Å². The molecule has 0 aliphatic rings. The van der Waals surface area contributed by atoms with E-state index in [1.165, 1.54) is 6.92 Å². The Morgan fingerprint density at radius 2 is 1.48 bits per heavy atom. The lowest BCUT2D eigenvalue weighted by Crippen LogP contribution is -2.12. The van der Waals surface area contributed by atoms with Crippen LogP contribution in [0.1, 0.15) is 23.0 Å². The molecule has 0 radical (unpaired) electrons. The van der Waals surface area contributed by atoms with Gasteiger partial charge in [0.25, 0.3) is 5.91 Å². The second-order valence-corrected chi connectivity index (χ2v) is 5.66. The number of nitrogens with one attached hydrogen (secondary N) is 2. The minimum atomic E-state index is -0.240. The zero-order valence-corrected chi connectivity index (χ0v) is 14.0. The van der Waals surface area contributed by atoms with E-state index < -0.39 is 0 Å². The van der Waals surface area contributed by atoms with Crippen molar-refractivity contribution in [2.45, 2.75) is 13.8 Å². The number of hydrogen-bond donors (Lipinski definition) is 2. The van der Waals surface area contributed by atoms with Gasteiger partial charge in [0.05, 0.1) is 5.56 Å². The molecule has 1 heterocycles. The molecule has 3 rings (SSSR count). The second-order valence-electron chi connectivity index (χ2n) is 5.66. The molecular formula is C20H18N2O3. The van der Waals surface area contributed by atoms with Crippen molar-refractivity contribution in [1.82, 2.24) is 0 Å². The first-order valence-electron chi connectivity index (χ1n) is 7.88. The van der Waals surface area contributed by atoms with Gasteiger partial charge < -0.3 is 15.1 Å². The SMILES string of the molecule is CC(=O)Nc1ccc(NC(=O)c2cc(-c3ccccc3)oc2C)cc1. The molecule has 0 bridgehead atoms. The fraction of sp³-hybridized carbons (Fsp3) is 0.100. The fourth-order valence-electron chi connectivity index (χ4n) is 2.49. The standard InChI is InChI=1S/C20H18N2O3/c1-13-18(12-19(25-13)15-6-4-3-5-7-15)20(24)22-17-10-8-16(9-11-17)21-14(2)23/h3-12H,1-2H3,(H,21,23)(H,22,24). The van der Waals surface area contributed by atoms with Gasteiger partial charge in [0, 0.05) is 23.9 Å². The Morgan fingerprint density at radius 3 is 2.08 bits per heavy atom. The molecule has 2 aromatic carbocycles. The van der Waals surface area contributed by atoms with Gasteiger partial charge in [-0.05, 0) is 37.3 Å². The van der Waals surface area contributed by atoms with E-state index in [-0.39, 0.29) is 11.8 Å². The third-order valence-electron chi connectivity index (χ3n) is 3.68. The summed E-state index contributed by atoms with van der Waals surface area (Å²) >= 11 is 0. The fourth-order valence-corrected chi connectivity index (χ4v) is 2.49. The first-order chi connectivity index (χ1) is 12.0. The summed E-state index contributed by atoms with van der Waals surface area (Å²) in [6.45, 7) is 3.21. The summed E-state index contributed by atoms with van der Waals surface area (Å²) in [5.41, 5.74) is 2.73. The van der Waals surface area contributed by atoms with Crippen molar-refractivity contribution in [3.05, 3.63) is 72.0 Å². The average Bonchev–Trinajstić information content (AvgIpc) is 2.99. The van der Waals surface area contributed by atoms with E-state index in [2.05, 4.69) is 10.6 Å². The Hall–Kier alpha value is -3.34. The second kappa shape index (κ2) is 7.05. The van der Waals surface area contributed by atoms with Crippen molar-refractivity contribution in [2.75, 3.05) is 10.6 Å². The van der Waals surface area contributed by atoms with Crippen molar-refractivity contribution in [3.8, 4) is 11.3 Å². The largest absolute Gasteiger partial charge is 0.461 e. The average molecular weight is 334 g/mol. The third-order valence-corrected chi connectivity index (χ3v) is 3.68. The minimum Gasteiger partial charge on any atom is -0.461 e. The summed E-state index contributed by atoms with van der Waals surface area (Å²) in [7, 11) is 0. The predicted octanol–water partition coefficient (Wildman–Crippen LogP) is 4.47. The first-order valence-corrected chi connectivity index (χ1v) is 7.88. The van der Waals surface area contributed by atoms with Gasteiger partial charge in [-0.2, -0.15) is 0 Å². The van der Waals surface area contributed by atoms with Crippen LogP contribution in [0.25, 0.3) is 11.3 Å². The van der Waals surface area contributed by atoms with Crippen LogP contribution in [0.4, 0.5) is 11.4 Å². The lowest BCUT2D eigenvalue weighted by molar-refractivity contribution is -0.114. The van der Waals surface area contributed by atoms with Crippen molar-refractivity contribution in [3.63, 3.8) is 0 Å². The molecule has 0 saturated heterocycles. The lowest BCUT2D eigenvalue weighted by Gasteiger charge is -2.06. The quantitative estimate of drug-likeness (QED) is 0.739. The number of anilines is 2. The smallest absolute Gasteiger partial charge is 0.259 e. The van der Waals surface area contributed by atoms with Gasteiger partial charge in [-0.15, -0.1) is 0 Å². The Balaban J connectivity index is 1.75. The maximum Gasteiger partial charge on any atom is 0.259 e. The van der Waals surface area contributed by atoms with Crippen LogP contribution in [0.3, 0.4) is 0 Å². The highest BCUT2D eigenvalue weighted by molar-refractivity contribution is 6.05. The van der Waals surface area contributed by atoms with E-state index in [4.69, 9.17) is 4.42 Å². The Kier molecular flexibility index (Phi) is 4.66. The topological polar surface area (TPSA) is 71.3 Å². The summed E-state index contributed by atoms with van der Waals surface area (Å²) in [4.78, 5) is 23.5. The maximum absolute atomic E-state index is 12.5. The number of rotatable bonds is 4. The van der Waals surface area contributed by atoms with Crippen molar-refractivity contribution >= 4 is 23.2 Å². The Morgan fingerprint density at radius 1 is 0.880 bits per heavy atom. The van der Waals surface area contributed by atoms with Gasteiger partial charge in [-0.1, -0.05) is 30.3 Å². The number of carbonyl (C=O) groups is 2. The van der Waals surface area contributed by atoms with Crippen LogP contribution >= 0.6 is 0 Å². The van der Waals surface area contributed by atoms with E-state index in [0.717, 1.165) is 5.56 Å². The predicted molar refractivity (Wildman–Crippen MR) is 97.6 cm³/mol. The minimum absolute atomic E-state index is 0.140. The van der Waals surface area contributed by atoms with E-state index in [1.54, 1.807) is 37.3 Å². The van der Waals surface area contributed by atoms with Crippen LogP contribution in [0.5, 0.6) is 0 Å². The number of aryl methyl sites for hydroxylation is 1. The van der Waals surface area contributed by atoms with Crippen LogP contribution in [-0.4, -0.2) is 11.8 Å². The normalized spacial score (nSPS) is 10.3. The molecule has 0 atom stereocenters. The molecule has 3 aromatic rings. The van der Waals surface area contributed by atoms with Gasteiger partial charge in [0.15, 0.2) is 0 Å². The zero-order valence-electron chi connectivity index (χ0n) is 14.0. The summed E-state index contributed by atoms with van der Waals surface area (Å²) in [5, 5.41) is 5.51. The molecule has 1 aromatic heterocycles. The molecule has 25 heavy (non-hydrogen) atoms. The van der Waals surface area contributed by atoms with Crippen molar-refractivity contribution in [1.29, 1.82) is 0 Å². The molecule has 0 spiro atoms. The molecule has 126 valence electrons. The van der Waals surface area contributed by atoms with Gasteiger partial charge in [0.2, 0.25) is 5.91 Å². The van der Waals surface area contributed by atoms with E-state index >= 15 is 0 Å². The highest BCUT2D eigenvalue weighted by Gasteiger charge is 2.16. The highest BCUT2D eigenvalue weighted by Crippen LogP contribution is 2.26. The maximum atomic E-state index is 12.5. The van der Waals surface area contributed by atoms with Gasteiger partial charge in [-0.3, -0.25) is 9.59 Å². The molecule has 0 fully saturated rings. The summed E-state index contributed by atoms with van der Waals surface area (Å²) in [6.07, 6.45) is 0. The molecule has 0 saturated carbocycles. The van der Waals surface area contributed by atoms with Crippen LogP contribution in [0.15, 0.2) is 65.1 Å². The Bertz CT molecular complexity index is 896.